The van der Waals surface area contributed by atoms with E-state index in [0.29, 0.717) is 13.2 Å². The number of para-hydroxylation sites is 1. The lowest BCUT2D eigenvalue weighted by Crippen LogP contribution is -2.18. The van der Waals surface area contributed by atoms with Crippen LogP contribution in [0, 0.1) is 0 Å². The molecule has 192 valence electrons. The number of hydrogen-bond acceptors (Lipinski definition) is 4. The van der Waals surface area contributed by atoms with Crippen LogP contribution < -0.4 is 14.5 Å². The quantitative estimate of drug-likeness (QED) is 0.200. The first-order valence-electron chi connectivity index (χ1n) is 13.3. The maximum atomic E-state index is 6.38. The largest absolute Gasteiger partial charge is 0.485 e. The van der Waals surface area contributed by atoms with Gasteiger partial charge in [0.1, 0.15) is 13.2 Å². The van der Waals surface area contributed by atoms with E-state index in [2.05, 4.69) is 89.9 Å². The molecule has 4 heteroatoms. The SMILES string of the molecule is c1ccc(COc2ccc(C3CC(c4ccccc4)=NN3c3ccccc3)cc2OCc2ccccc2)cc1. The second-order valence-electron chi connectivity index (χ2n) is 9.57. The lowest BCUT2D eigenvalue weighted by atomic mass is 9.97. The van der Waals surface area contributed by atoms with Crippen molar-refractivity contribution in [2.45, 2.75) is 25.7 Å². The second kappa shape index (κ2) is 11.7. The minimum Gasteiger partial charge on any atom is -0.485 e. The van der Waals surface area contributed by atoms with E-state index in [1.54, 1.807) is 0 Å². The highest BCUT2D eigenvalue weighted by molar-refractivity contribution is 6.03. The Morgan fingerprint density at radius 2 is 1.13 bits per heavy atom. The first-order valence-corrected chi connectivity index (χ1v) is 13.3. The van der Waals surface area contributed by atoms with E-state index in [1.165, 1.54) is 0 Å². The second-order valence-corrected chi connectivity index (χ2v) is 9.57. The van der Waals surface area contributed by atoms with Crippen molar-refractivity contribution in [1.82, 2.24) is 0 Å². The summed E-state index contributed by atoms with van der Waals surface area (Å²) in [4.78, 5) is 0. The molecule has 5 aromatic rings. The molecule has 6 rings (SSSR count). The molecule has 0 radical (unpaired) electrons. The van der Waals surface area contributed by atoms with Crippen molar-refractivity contribution in [2.75, 3.05) is 5.01 Å². The molecule has 0 saturated carbocycles. The van der Waals surface area contributed by atoms with Gasteiger partial charge in [0.25, 0.3) is 0 Å². The van der Waals surface area contributed by atoms with Crippen LogP contribution in [0.1, 0.15) is 34.7 Å². The monoisotopic (exact) mass is 510 g/mol. The zero-order valence-electron chi connectivity index (χ0n) is 21.7. The van der Waals surface area contributed by atoms with Crippen molar-refractivity contribution in [1.29, 1.82) is 0 Å². The van der Waals surface area contributed by atoms with Gasteiger partial charge in [-0.25, -0.2) is 0 Å². The number of rotatable bonds is 9. The van der Waals surface area contributed by atoms with Crippen molar-refractivity contribution in [3.8, 4) is 11.5 Å². The van der Waals surface area contributed by atoms with Gasteiger partial charge in [0, 0.05) is 6.42 Å². The number of nitrogens with zero attached hydrogens (tertiary/aromatic N) is 2. The minimum absolute atomic E-state index is 0.0323. The van der Waals surface area contributed by atoms with Crippen molar-refractivity contribution in [3.05, 3.63) is 162 Å². The van der Waals surface area contributed by atoms with Crippen LogP contribution in [0.2, 0.25) is 0 Å². The van der Waals surface area contributed by atoms with Gasteiger partial charge in [-0.1, -0.05) is 115 Å². The molecule has 0 fully saturated rings. The molecular formula is C35H30N2O2. The van der Waals surface area contributed by atoms with Gasteiger partial charge in [-0.2, -0.15) is 5.10 Å². The van der Waals surface area contributed by atoms with E-state index in [-0.39, 0.29) is 6.04 Å². The van der Waals surface area contributed by atoms with Crippen molar-refractivity contribution in [3.63, 3.8) is 0 Å². The summed E-state index contributed by atoms with van der Waals surface area (Å²) in [7, 11) is 0. The Hall–Kier alpha value is -4.83. The third-order valence-electron chi connectivity index (χ3n) is 6.86. The predicted octanol–water partition coefficient (Wildman–Crippen LogP) is 8.20. The molecule has 1 heterocycles. The normalized spacial score (nSPS) is 14.6. The molecule has 1 aliphatic rings. The molecule has 5 aromatic carbocycles. The average Bonchev–Trinajstić information content (AvgIpc) is 3.47. The van der Waals surface area contributed by atoms with E-state index in [1.807, 2.05) is 54.6 Å². The summed E-state index contributed by atoms with van der Waals surface area (Å²) in [6, 6.07) is 47.5. The van der Waals surface area contributed by atoms with Gasteiger partial charge in [-0.05, 0) is 46.5 Å². The molecule has 1 aliphatic heterocycles. The Kier molecular flexibility index (Phi) is 7.35. The zero-order valence-corrected chi connectivity index (χ0v) is 21.7. The molecule has 0 spiro atoms. The number of ether oxygens (including phenoxy) is 2. The molecule has 0 aliphatic carbocycles. The van der Waals surface area contributed by atoms with E-state index in [9.17, 15) is 0 Å². The van der Waals surface area contributed by atoms with Crippen LogP contribution in [0.25, 0.3) is 0 Å². The van der Waals surface area contributed by atoms with Gasteiger partial charge in [-0.3, -0.25) is 5.01 Å². The summed E-state index contributed by atoms with van der Waals surface area (Å²) < 4.78 is 12.6. The number of hydrogen-bond donors (Lipinski definition) is 0. The predicted molar refractivity (Wildman–Crippen MR) is 157 cm³/mol. The number of benzene rings is 5. The summed E-state index contributed by atoms with van der Waals surface area (Å²) in [5.41, 5.74) is 6.62. The molecule has 0 aromatic heterocycles. The van der Waals surface area contributed by atoms with Crippen molar-refractivity contribution in [2.24, 2.45) is 5.10 Å². The average molecular weight is 511 g/mol. The molecule has 4 nitrogen and oxygen atoms in total. The van der Waals surface area contributed by atoms with Crippen LogP contribution in [0.4, 0.5) is 5.69 Å². The summed E-state index contributed by atoms with van der Waals surface area (Å²) in [5.74, 6) is 1.46. The van der Waals surface area contributed by atoms with E-state index < -0.39 is 0 Å². The van der Waals surface area contributed by atoms with Gasteiger partial charge < -0.3 is 9.47 Å². The maximum Gasteiger partial charge on any atom is 0.162 e. The van der Waals surface area contributed by atoms with Gasteiger partial charge in [0.15, 0.2) is 11.5 Å². The topological polar surface area (TPSA) is 34.1 Å². The number of anilines is 1. The summed E-state index contributed by atoms with van der Waals surface area (Å²) >= 11 is 0. The van der Waals surface area contributed by atoms with E-state index in [4.69, 9.17) is 14.6 Å². The van der Waals surface area contributed by atoms with E-state index >= 15 is 0 Å². The smallest absolute Gasteiger partial charge is 0.162 e. The van der Waals surface area contributed by atoms with Gasteiger partial charge >= 0.3 is 0 Å². The molecular weight excluding hydrogens is 480 g/mol. The van der Waals surface area contributed by atoms with Gasteiger partial charge in [0.05, 0.1) is 17.4 Å². The lowest BCUT2D eigenvalue weighted by molar-refractivity contribution is 0.255. The summed E-state index contributed by atoms with van der Waals surface area (Å²) in [6.07, 6.45) is 0.793. The van der Waals surface area contributed by atoms with Crippen LogP contribution in [-0.4, -0.2) is 5.71 Å². The molecule has 0 amide bonds. The summed E-state index contributed by atoms with van der Waals surface area (Å²) in [5, 5.41) is 7.21. The first kappa shape index (κ1) is 24.5. The van der Waals surface area contributed by atoms with Crippen LogP contribution in [0.5, 0.6) is 11.5 Å². The third-order valence-corrected chi connectivity index (χ3v) is 6.86. The molecule has 0 saturated heterocycles. The highest BCUT2D eigenvalue weighted by atomic mass is 16.5. The minimum atomic E-state index is 0.0323. The van der Waals surface area contributed by atoms with E-state index in [0.717, 1.165) is 51.6 Å². The molecule has 1 unspecified atom stereocenters. The third kappa shape index (κ3) is 5.86. The van der Waals surface area contributed by atoms with Crippen LogP contribution in [0.15, 0.2) is 145 Å². The molecule has 39 heavy (non-hydrogen) atoms. The highest BCUT2D eigenvalue weighted by Gasteiger charge is 2.30. The molecule has 0 bridgehead atoms. The van der Waals surface area contributed by atoms with Crippen LogP contribution in [-0.2, 0) is 13.2 Å². The fraction of sp³-hybridized carbons (Fsp3) is 0.114. The first-order chi connectivity index (χ1) is 19.3. The van der Waals surface area contributed by atoms with Crippen LogP contribution >= 0.6 is 0 Å². The molecule has 0 N–H and O–H groups in total. The fourth-order valence-electron chi connectivity index (χ4n) is 4.83. The standard InChI is InChI=1S/C35H30N2O2/c1-5-13-27(14-6-1)25-38-34-22-21-30(23-35(34)39-26-28-15-7-2-8-16-28)33-24-32(29-17-9-3-10-18-29)36-37(33)31-19-11-4-12-20-31/h1-23,33H,24-26H2. The number of hydrazone groups is 1. The van der Waals surface area contributed by atoms with Gasteiger partial charge in [-0.15, -0.1) is 0 Å². The Bertz CT molecular complexity index is 1520. The Balaban J connectivity index is 1.32. The van der Waals surface area contributed by atoms with Crippen LogP contribution in [0.3, 0.4) is 0 Å². The Morgan fingerprint density at radius 3 is 1.74 bits per heavy atom. The maximum absolute atomic E-state index is 6.38. The zero-order chi connectivity index (χ0) is 26.3. The highest BCUT2D eigenvalue weighted by Crippen LogP contribution is 2.40. The van der Waals surface area contributed by atoms with Crippen molar-refractivity contribution >= 4 is 11.4 Å². The van der Waals surface area contributed by atoms with Gasteiger partial charge in [0.2, 0.25) is 0 Å². The Morgan fingerprint density at radius 1 is 0.590 bits per heavy atom. The Labute approximate surface area is 229 Å². The summed E-state index contributed by atoms with van der Waals surface area (Å²) in [6.45, 7) is 0.938. The lowest BCUT2D eigenvalue weighted by Gasteiger charge is -2.25. The fourth-order valence-corrected chi connectivity index (χ4v) is 4.83. The molecule has 1 atom stereocenters. The van der Waals surface area contributed by atoms with Crippen molar-refractivity contribution < 1.29 is 9.47 Å².